The second-order valence-electron chi connectivity index (χ2n) is 2.74. The monoisotopic (exact) mass is 190 g/mol. The van der Waals surface area contributed by atoms with Crippen LogP contribution in [0.15, 0.2) is 36.4 Å². The zero-order chi connectivity index (χ0) is 9.26. The number of carbonyl (C=O) groups excluding carboxylic acids is 2. The molecule has 0 spiro atoms. The Bertz CT molecular complexity index is 396. The van der Waals surface area contributed by atoms with Crippen LogP contribution >= 0.6 is 0 Å². The number of hydrogen-bond donors (Lipinski definition) is 2. The molecule has 0 aliphatic carbocycles. The molecular weight excluding hydrogens is 180 g/mol. The zero-order valence-corrected chi connectivity index (χ0v) is 7.49. The number of nitrogens with one attached hydrogen (secondary N) is 1. The summed E-state index contributed by atoms with van der Waals surface area (Å²) in [5.74, 6) is -0.667. The van der Waals surface area contributed by atoms with Gasteiger partial charge in [-0.3, -0.25) is 14.9 Å². The third-order valence-electron chi connectivity index (χ3n) is 1.84. The fourth-order valence-electron chi connectivity index (χ4n) is 1.24. The second kappa shape index (κ2) is 3.85. The lowest BCUT2D eigenvalue weighted by Gasteiger charge is -1.97. The molecule has 1 aliphatic rings. The summed E-state index contributed by atoms with van der Waals surface area (Å²) < 4.78 is 0. The van der Waals surface area contributed by atoms with E-state index in [-0.39, 0.29) is 18.0 Å². The maximum Gasteiger partial charge on any atom is 0.258 e. The second-order valence-corrected chi connectivity index (χ2v) is 2.74. The lowest BCUT2D eigenvalue weighted by Crippen LogP contribution is -2.21. The van der Waals surface area contributed by atoms with Gasteiger partial charge in [-0.25, -0.2) is 0 Å². The van der Waals surface area contributed by atoms with Crippen LogP contribution in [0, 0.1) is 0 Å². The van der Waals surface area contributed by atoms with E-state index in [1.165, 1.54) is 6.08 Å². The summed E-state index contributed by atoms with van der Waals surface area (Å²) in [7, 11) is 0. The van der Waals surface area contributed by atoms with Gasteiger partial charge >= 0.3 is 0 Å². The number of amides is 2. The van der Waals surface area contributed by atoms with Crippen molar-refractivity contribution < 1.29 is 9.59 Å². The Morgan fingerprint density at radius 2 is 1.64 bits per heavy atom. The third-order valence-corrected chi connectivity index (χ3v) is 1.84. The van der Waals surface area contributed by atoms with Crippen molar-refractivity contribution in [3.63, 3.8) is 0 Å². The van der Waals surface area contributed by atoms with Crippen molar-refractivity contribution in [2.75, 3.05) is 0 Å². The Morgan fingerprint density at radius 3 is 2.14 bits per heavy atom. The van der Waals surface area contributed by atoms with Crippen molar-refractivity contribution >= 4 is 17.4 Å². The summed E-state index contributed by atoms with van der Waals surface area (Å²) >= 11 is 0. The summed E-state index contributed by atoms with van der Waals surface area (Å²) in [5.41, 5.74) is 1.21. The van der Waals surface area contributed by atoms with Gasteiger partial charge in [0.2, 0.25) is 0 Å². The smallest absolute Gasteiger partial charge is 0.258 e. The Kier molecular flexibility index (Phi) is 2.79. The van der Waals surface area contributed by atoms with Crippen LogP contribution in [0.5, 0.6) is 0 Å². The molecule has 4 heteroatoms. The fourth-order valence-corrected chi connectivity index (χ4v) is 1.24. The average molecular weight is 190 g/mol. The summed E-state index contributed by atoms with van der Waals surface area (Å²) in [6.45, 7) is 0. The average Bonchev–Trinajstić information content (AvgIpc) is 2.47. The molecular formula is C10H10N2O2. The molecule has 1 aliphatic heterocycles. The Hall–Kier alpha value is -1.94. The highest BCUT2D eigenvalue weighted by Gasteiger charge is 2.21. The van der Waals surface area contributed by atoms with E-state index < -0.39 is 0 Å². The summed E-state index contributed by atoms with van der Waals surface area (Å²) in [6, 6.07) is 9.10. The van der Waals surface area contributed by atoms with Gasteiger partial charge in [0.25, 0.3) is 11.8 Å². The van der Waals surface area contributed by atoms with Crippen LogP contribution in [-0.2, 0) is 9.59 Å². The van der Waals surface area contributed by atoms with Gasteiger partial charge in [0.05, 0.1) is 5.57 Å². The van der Waals surface area contributed by atoms with Gasteiger partial charge in [0.1, 0.15) is 0 Å². The van der Waals surface area contributed by atoms with E-state index in [9.17, 15) is 9.59 Å². The quantitative estimate of drug-likeness (QED) is 0.645. The first kappa shape index (κ1) is 10.1. The first-order valence-corrected chi connectivity index (χ1v) is 3.90. The van der Waals surface area contributed by atoms with Crippen molar-refractivity contribution in [2.24, 2.45) is 0 Å². The van der Waals surface area contributed by atoms with Crippen molar-refractivity contribution in [1.29, 1.82) is 0 Å². The minimum atomic E-state index is -0.344. The topological polar surface area (TPSA) is 81.2 Å². The molecule has 0 radical (unpaired) electrons. The van der Waals surface area contributed by atoms with Crippen LogP contribution in [0.4, 0.5) is 0 Å². The highest BCUT2D eigenvalue weighted by atomic mass is 16.2. The van der Waals surface area contributed by atoms with Crippen LogP contribution in [0.25, 0.3) is 5.57 Å². The zero-order valence-electron chi connectivity index (χ0n) is 7.49. The van der Waals surface area contributed by atoms with E-state index in [0.29, 0.717) is 5.57 Å². The molecule has 0 bridgehead atoms. The SMILES string of the molecule is N.O=C1C=C(c2ccccc2)C(=O)N1. The molecule has 1 aromatic carbocycles. The highest BCUT2D eigenvalue weighted by Crippen LogP contribution is 2.16. The number of imide groups is 1. The van der Waals surface area contributed by atoms with Crippen LogP contribution in [0.3, 0.4) is 0 Å². The fraction of sp³-hybridized carbons (Fsp3) is 0. The van der Waals surface area contributed by atoms with Crippen LogP contribution < -0.4 is 11.5 Å². The van der Waals surface area contributed by atoms with Crippen molar-refractivity contribution in [1.82, 2.24) is 11.5 Å². The Morgan fingerprint density at radius 1 is 1.00 bits per heavy atom. The first-order valence-electron chi connectivity index (χ1n) is 3.90. The number of hydrogen-bond acceptors (Lipinski definition) is 3. The maximum absolute atomic E-state index is 11.2. The molecule has 0 aromatic heterocycles. The van der Waals surface area contributed by atoms with Gasteiger partial charge < -0.3 is 6.15 Å². The highest BCUT2D eigenvalue weighted by molar-refractivity contribution is 6.33. The Labute approximate surface area is 81.2 Å². The van der Waals surface area contributed by atoms with E-state index in [2.05, 4.69) is 5.32 Å². The molecule has 0 saturated heterocycles. The normalized spacial score (nSPS) is 14.4. The molecule has 2 rings (SSSR count). The largest absolute Gasteiger partial charge is 0.344 e. The van der Waals surface area contributed by atoms with Crippen molar-refractivity contribution in [2.45, 2.75) is 0 Å². The van der Waals surface area contributed by atoms with Crippen molar-refractivity contribution in [3.8, 4) is 0 Å². The molecule has 0 unspecified atom stereocenters. The van der Waals surface area contributed by atoms with Gasteiger partial charge in [0, 0.05) is 6.08 Å². The minimum Gasteiger partial charge on any atom is -0.344 e. The van der Waals surface area contributed by atoms with Crippen LogP contribution in [0.1, 0.15) is 5.56 Å². The molecule has 14 heavy (non-hydrogen) atoms. The van der Waals surface area contributed by atoms with Crippen LogP contribution in [0.2, 0.25) is 0 Å². The molecule has 4 N–H and O–H groups in total. The summed E-state index contributed by atoms with van der Waals surface area (Å²) in [6.07, 6.45) is 1.32. The van der Waals surface area contributed by atoms with E-state index >= 15 is 0 Å². The molecule has 0 saturated carbocycles. The van der Waals surface area contributed by atoms with Gasteiger partial charge in [-0.1, -0.05) is 30.3 Å². The summed E-state index contributed by atoms with van der Waals surface area (Å²) in [5, 5.41) is 2.19. The molecule has 4 nitrogen and oxygen atoms in total. The molecule has 72 valence electrons. The standard InChI is InChI=1S/C10H7NO2.H3N/c12-9-6-8(10(13)11-9)7-4-2-1-3-5-7;/h1-6H,(H,11,12,13);1H3. The third kappa shape index (κ3) is 1.70. The predicted octanol–water partition coefficient (Wildman–Crippen LogP) is 0.888. The lowest BCUT2D eigenvalue weighted by atomic mass is 10.1. The molecule has 1 heterocycles. The first-order chi connectivity index (χ1) is 6.27. The molecule has 1 aromatic rings. The van der Waals surface area contributed by atoms with Crippen molar-refractivity contribution in [3.05, 3.63) is 42.0 Å². The Balaban J connectivity index is 0.000000980. The molecule has 2 amide bonds. The van der Waals surface area contributed by atoms with Crippen LogP contribution in [-0.4, -0.2) is 11.8 Å². The van der Waals surface area contributed by atoms with E-state index in [0.717, 1.165) is 5.56 Å². The molecule has 0 fully saturated rings. The van der Waals surface area contributed by atoms with E-state index in [4.69, 9.17) is 0 Å². The van der Waals surface area contributed by atoms with Gasteiger partial charge in [-0.05, 0) is 5.56 Å². The van der Waals surface area contributed by atoms with Gasteiger partial charge in [-0.2, -0.15) is 0 Å². The van der Waals surface area contributed by atoms with Gasteiger partial charge in [0.15, 0.2) is 0 Å². The predicted molar refractivity (Wildman–Crippen MR) is 52.6 cm³/mol. The maximum atomic E-state index is 11.2. The number of rotatable bonds is 1. The number of carbonyl (C=O) groups is 2. The number of benzene rings is 1. The summed E-state index contributed by atoms with van der Waals surface area (Å²) in [4.78, 5) is 22.0. The molecule has 0 atom stereocenters. The lowest BCUT2D eigenvalue weighted by molar-refractivity contribution is -0.123. The minimum absolute atomic E-state index is 0. The van der Waals surface area contributed by atoms with Gasteiger partial charge in [-0.15, -0.1) is 0 Å². The van der Waals surface area contributed by atoms with E-state index in [1.54, 1.807) is 12.1 Å². The van der Waals surface area contributed by atoms with E-state index in [1.807, 2.05) is 18.2 Å².